The van der Waals surface area contributed by atoms with E-state index in [4.69, 9.17) is 9.47 Å². The highest BCUT2D eigenvalue weighted by atomic mass is 32.1. The Hall–Kier alpha value is -2.45. The van der Waals surface area contributed by atoms with Gasteiger partial charge in [0.25, 0.3) is 0 Å². The SMILES string of the molecule is COc1cc2c(cc1OC)CCN(C#N)Cc1ccsc1/C=C/2. The molecule has 5 heteroatoms. The van der Waals surface area contributed by atoms with Crippen molar-refractivity contribution in [3.8, 4) is 17.7 Å². The first-order valence-electron chi connectivity index (χ1n) is 7.39. The van der Waals surface area contributed by atoms with Crippen molar-refractivity contribution >= 4 is 23.5 Å². The summed E-state index contributed by atoms with van der Waals surface area (Å²) in [4.78, 5) is 2.98. The molecule has 0 bridgehead atoms. The molecule has 1 aromatic heterocycles. The van der Waals surface area contributed by atoms with Crippen LogP contribution in [0.15, 0.2) is 23.6 Å². The van der Waals surface area contributed by atoms with Crippen LogP contribution >= 0.6 is 11.3 Å². The fraction of sp³-hybridized carbons (Fsp3) is 0.278. The lowest BCUT2D eigenvalue weighted by Gasteiger charge is -2.19. The highest BCUT2D eigenvalue weighted by Gasteiger charge is 2.14. The highest BCUT2D eigenvalue weighted by Crippen LogP contribution is 2.33. The predicted octanol–water partition coefficient (Wildman–Crippen LogP) is 3.77. The number of benzene rings is 1. The molecule has 3 rings (SSSR count). The van der Waals surface area contributed by atoms with Crippen LogP contribution in [0.25, 0.3) is 12.2 Å². The van der Waals surface area contributed by atoms with E-state index in [2.05, 4.69) is 29.8 Å². The normalized spacial score (nSPS) is 15.1. The number of thiophene rings is 1. The van der Waals surface area contributed by atoms with Crippen molar-refractivity contribution in [2.24, 2.45) is 0 Å². The second-order valence-corrected chi connectivity index (χ2v) is 6.27. The van der Waals surface area contributed by atoms with Gasteiger partial charge in [0.2, 0.25) is 0 Å². The summed E-state index contributed by atoms with van der Waals surface area (Å²) >= 11 is 1.69. The molecule has 0 fully saturated rings. The van der Waals surface area contributed by atoms with Crippen molar-refractivity contribution in [1.29, 1.82) is 5.26 Å². The van der Waals surface area contributed by atoms with Crippen LogP contribution < -0.4 is 9.47 Å². The summed E-state index contributed by atoms with van der Waals surface area (Å²) in [6.45, 7) is 1.34. The molecule has 1 aromatic carbocycles. The Morgan fingerprint density at radius 1 is 1.13 bits per heavy atom. The number of rotatable bonds is 2. The van der Waals surface area contributed by atoms with Gasteiger partial charge in [0.15, 0.2) is 17.7 Å². The molecular weight excluding hydrogens is 308 g/mol. The average molecular weight is 326 g/mol. The van der Waals surface area contributed by atoms with Gasteiger partial charge in [-0.05, 0) is 52.8 Å². The fourth-order valence-corrected chi connectivity index (χ4v) is 3.53. The van der Waals surface area contributed by atoms with Crippen LogP contribution in [0.4, 0.5) is 0 Å². The average Bonchev–Trinajstić information content (AvgIpc) is 3.03. The van der Waals surface area contributed by atoms with Crippen LogP contribution in [0, 0.1) is 11.5 Å². The van der Waals surface area contributed by atoms with Crippen LogP contribution in [0.2, 0.25) is 0 Å². The third kappa shape index (κ3) is 3.17. The van der Waals surface area contributed by atoms with Crippen molar-refractivity contribution in [3.05, 3.63) is 45.1 Å². The number of ether oxygens (including phenoxy) is 2. The third-order valence-corrected chi connectivity index (χ3v) is 4.92. The number of nitrogens with zero attached hydrogens (tertiary/aromatic N) is 2. The van der Waals surface area contributed by atoms with Gasteiger partial charge in [-0.15, -0.1) is 11.3 Å². The van der Waals surface area contributed by atoms with Gasteiger partial charge in [-0.2, -0.15) is 5.26 Å². The zero-order valence-electron chi connectivity index (χ0n) is 13.2. The Labute approximate surface area is 140 Å². The molecule has 1 aliphatic rings. The van der Waals surface area contributed by atoms with Crippen molar-refractivity contribution in [3.63, 3.8) is 0 Å². The molecule has 0 amide bonds. The molecule has 118 valence electrons. The van der Waals surface area contributed by atoms with Crippen molar-refractivity contribution in [1.82, 2.24) is 4.90 Å². The maximum atomic E-state index is 9.38. The summed E-state index contributed by atoms with van der Waals surface area (Å²) in [5.74, 6) is 1.44. The lowest BCUT2D eigenvalue weighted by molar-refractivity contribution is 0.353. The Kier molecular flexibility index (Phi) is 4.54. The quantitative estimate of drug-likeness (QED) is 0.788. The van der Waals surface area contributed by atoms with Crippen LogP contribution in [0.3, 0.4) is 0 Å². The topological polar surface area (TPSA) is 45.5 Å². The van der Waals surface area contributed by atoms with E-state index in [1.807, 2.05) is 12.1 Å². The second-order valence-electron chi connectivity index (χ2n) is 5.32. The Morgan fingerprint density at radius 2 is 1.91 bits per heavy atom. The molecule has 2 heterocycles. The molecule has 4 nitrogen and oxygen atoms in total. The molecule has 1 aliphatic heterocycles. The summed E-state index contributed by atoms with van der Waals surface area (Å²) in [6.07, 6.45) is 7.31. The largest absolute Gasteiger partial charge is 0.493 e. The Bertz CT molecular complexity index is 774. The molecule has 0 saturated heterocycles. The fourth-order valence-electron chi connectivity index (χ4n) is 2.72. The number of hydrogen-bond acceptors (Lipinski definition) is 5. The summed E-state index contributed by atoms with van der Waals surface area (Å²) < 4.78 is 10.8. The summed E-state index contributed by atoms with van der Waals surface area (Å²) in [7, 11) is 3.28. The minimum atomic E-state index is 0.655. The predicted molar refractivity (Wildman–Crippen MR) is 92.5 cm³/mol. The maximum absolute atomic E-state index is 9.38. The van der Waals surface area contributed by atoms with E-state index in [-0.39, 0.29) is 0 Å². The zero-order valence-corrected chi connectivity index (χ0v) is 14.0. The molecule has 0 radical (unpaired) electrons. The minimum absolute atomic E-state index is 0.655. The minimum Gasteiger partial charge on any atom is -0.493 e. The van der Waals surface area contributed by atoms with E-state index >= 15 is 0 Å². The van der Waals surface area contributed by atoms with Crippen molar-refractivity contribution in [2.75, 3.05) is 20.8 Å². The molecule has 0 aliphatic carbocycles. The number of nitriles is 1. The molecule has 23 heavy (non-hydrogen) atoms. The molecule has 0 atom stereocenters. The first-order chi connectivity index (χ1) is 11.2. The van der Waals surface area contributed by atoms with Crippen molar-refractivity contribution < 1.29 is 9.47 Å². The van der Waals surface area contributed by atoms with Crippen LogP contribution in [0.1, 0.15) is 21.6 Å². The Balaban J connectivity index is 2.09. The second kappa shape index (κ2) is 6.76. The van der Waals surface area contributed by atoms with Gasteiger partial charge in [-0.1, -0.05) is 6.08 Å². The molecule has 0 saturated carbocycles. The van der Waals surface area contributed by atoms with Gasteiger partial charge in [0.1, 0.15) is 0 Å². The van der Waals surface area contributed by atoms with Gasteiger partial charge >= 0.3 is 0 Å². The van der Waals surface area contributed by atoms with Gasteiger partial charge < -0.3 is 14.4 Å². The standard InChI is InChI=1S/C18H18N2O2S/c1-21-16-9-13-3-4-18-15(6-8-23-18)11-20(12-19)7-5-14(13)10-17(16)22-2/h3-4,6,8-10H,5,7,11H2,1-2H3/b4-3+. The number of hydrogen-bond donors (Lipinski definition) is 0. The number of fused-ring (bicyclic) bond motifs is 2. The maximum Gasteiger partial charge on any atom is 0.179 e. The van der Waals surface area contributed by atoms with E-state index in [9.17, 15) is 5.26 Å². The molecule has 0 spiro atoms. The summed E-state index contributed by atoms with van der Waals surface area (Å²) in [6, 6.07) is 6.09. The van der Waals surface area contributed by atoms with E-state index in [1.165, 1.54) is 10.4 Å². The first kappa shape index (κ1) is 15.4. The lowest BCUT2D eigenvalue weighted by Crippen LogP contribution is -2.21. The molecular formula is C18H18N2O2S. The molecule has 0 unspecified atom stereocenters. The molecule has 0 N–H and O–H groups in total. The van der Waals surface area contributed by atoms with Gasteiger partial charge in [0, 0.05) is 11.4 Å². The monoisotopic (exact) mass is 326 g/mol. The first-order valence-corrected chi connectivity index (χ1v) is 8.27. The zero-order chi connectivity index (χ0) is 16.2. The summed E-state index contributed by atoms with van der Waals surface area (Å²) in [5.41, 5.74) is 3.44. The van der Waals surface area contributed by atoms with Gasteiger partial charge in [-0.3, -0.25) is 0 Å². The van der Waals surface area contributed by atoms with E-state index in [1.54, 1.807) is 30.5 Å². The third-order valence-electron chi connectivity index (χ3n) is 3.99. The van der Waals surface area contributed by atoms with Gasteiger partial charge in [-0.25, -0.2) is 0 Å². The smallest absolute Gasteiger partial charge is 0.179 e. The molecule has 2 aromatic rings. The van der Waals surface area contributed by atoms with E-state index in [0.29, 0.717) is 13.1 Å². The van der Waals surface area contributed by atoms with Crippen LogP contribution in [-0.4, -0.2) is 25.7 Å². The van der Waals surface area contributed by atoms with Crippen molar-refractivity contribution in [2.45, 2.75) is 13.0 Å². The van der Waals surface area contributed by atoms with E-state index in [0.717, 1.165) is 29.0 Å². The van der Waals surface area contributed by atoms with Gasteiger partial charge in [0.05, 0.1) is 20.8 Å². The highest BCUT2D eigenvalue weighted by molar-refractivity contribution is 7.11. The van der Waals surface area contributed by atoms with Crippen LogP contribution in [-0.2, 0) is 13.0 Å². The van der Waals surface area contributed by atoms with Crippen LogP contribution in [0.5, 0.6) is 11.5 Å². The summed E-state index contributed by atoms with van der Waals surface area (Å²) in [5, 5.41) is 11.4. The lowest BCUT2D eigenvalue weighted by atomic mass is 10.0. The van der Waals surface area contributed by atoms with E-state index < -0.39 is 0 Å². The number of methoxy groups -OCH3 is 2. The Morgan fingerprint density at radius 3 is 2.65 bits per heavy atom.